The summed E-state index contributed by atoms with van der Waals surface area (Å²) in [5, 5.41) is 2.74. The molecule has 2 rings (SSSR count). The van der Waals surface area contributed by atoms with Crippen molar-refractivity contribution in [2.24, 2.45) is 12.8 Å². The van der Waals surface area contributed by atoms with E-state index in [0.717, 1.165) is 0 Å². The Hall–Kier alpha value is -2.47. The lowest BCUT2D eigenvalue weighted by Crippen LogP contribution is -2.25. The smallest absolute Gasteiger partial charge is 0.266 e. The predicted molar refractivity (Wildman–Crippen MR) is 74.1 cm³/mol. The topological polar surface area (TPSA) is 81.0 Å². The van der Waals surface area contributed by atoms with Crippen molar-refractivity contribution in [1.82, 2.24) is 4.57 Å². The maximum absolute atomic E-state index is 12.0. The number of nitrogens with two attached hydrogens (primary N) is 1. The molecule has 0 radical (unpaired) electrons. The Morgan fingerprint density at radius 3 is 2.75 bits per heavy atom. The molecule has 104 valence electrons. The lowest BCUT2D eigenvalue weighted by molar-refractivity contribution is -0.671. The fraction of sp³-hybridized carbons (Fsp3) is 0.214. The predicted octanol–water partition coefficient (Wildman–Crippen LogP) is 0.0927. The number of nitrogens with one attached hydrogen (secondary N) is 1. The Morgan fingerprint density at radius 1 is 1.35 bits per heavy atom. The first-order chi connectivity index (χ1) is 9.60. The third-order valence-corrected chi connectivity index (χ3v) is 2.84. The third-order valence-electron chi connectivity index (χ3n) is 2.84. The fourth-order valence-electron chi connectivity index (χ4n) is 1.90. The summed E-state index contributed by atoms with van der Waals surface area (Å²) in [5.74, 6) is -0.397. The van der Waals surface area contributed by atoms with Gasteiger partial charge in [0.25, 0.3) is 5.91 Å². The van der Waals surface area contributed by atoms with Crippen LogP contribution < -0.4 is 15.6 Å². The number of nitrogens with zero attached hydrogens (tertiary/aromatic N) is 2. The van der Waals surface area contributed by atoms with Gasteiger partial charge in [-0.15, -0.1) is 0 Å². The van der Waals surface area contributed by atoms with Crippen molar-refractivity contribution in [1.29, 1.82) is 0 Å². The third kappa shape index (κ3) is 3.30. The van der Waals surface area contributed by atoms with Gasteiger partial charge >= 0.3 is 0 Å². The van der Waals surface area contributed by atoms with Crippen LogP contribution in [0.2, 0.25) is 0 Å². The van der Waals surface area contributed by atoms with Crippen molar-refractivity contribution in [3.63, 3.8) is 0 Å². The molecule has 0 aliphatic carbocycles. The Balaban J connectivity index is 2.10. The molecule has 0 spiro atoms. The molecule has 3 N–H and O–H groups in total. The monoisotopic (exact) mass is 273 g/mol. The number of aromatic nitrogens is 2. The summed E-state index contributed by atoms with van der Waals surface area (Å²) in [6.45, 7) is 0.103. The minimum Gasteiger partial charge on any atom is -0.324 e. The van der Waals surface area contributed by atoms with Crippen LogP contribution in [-0.2, 0) is 18.4 Å². The summed E-state index contributed by atoms with van der Waals surface area (Å²) in [5.41, 5.74) is 6.28. The lowest BCUT2D eigenvalue weighted by Gasteiger charge is -2.08. The zero-order valence-electron chi connectivity index (χ0n) is 11.2. The highest BCUT2D eigenvalue weighted by Gasteiger charge is 2.13. The molecule has 0 aliphatic heterocycles. The summed E-state index contributed by atoms with van der Waals surface area (Å²) in [4.78, 5) is 23.7. The number of anilines is 1. The van der Waals surface area contributed by atoms with Gasteiger partial charge in [0, 0.05) is 5.56 Å². The number of rotatable bonds is 5. The normalized spacial score (nSPS) is 10.3. The second-order valence-electron chi connectivity index (χ2n) is 4.47. The summed E-state index contributed by atoms with van der Waals surface area (Å²) in [6, 6.07) is 6.85. The average molecular weight is 273 g/mol. The number of carbonyl (C=O) groups is 2. The molecule has 0 bridgehead atoms. The van der Waals surface area contributed by atoms with Gasteiger partial charge in [0.05, 0.1) is 19.3 Å². The van der Waals surface area contributed by atoms with Gasteiger partial charge in [-0.3, -0.25) is 9.59 Å². The SMILES string of the molecule is C[n+]1ccn(CC(=O)Nc2ccccc2C(=O)CN)c1. The number of amides is 1. The van der Waals surface area contributed by atoms with Crippen molar-refractivity contribution >= 4 is 17.4 Å². The van der Waals surface area contributed by atoms with E-state index >= 15 is 0 Å². The van der Waals surface area contributed by atoms with Crippen LogP contribution in [0.15, 0.2) is 43.0 Å². The van der Waals surface area contributed by atoms with Crippen LogP contribution in [0.1, 0.15) is 10.4 Å². The van der Waals surface area contributed by atoms with E-state index in [-0.39, 0.29) is 24.8 Å². The molecule has 1 amide bonds. The minimum absolute atomic E-state index is 0.0830. The highest BCUT2D eigenvalue weighted by atomic mass is 16.2. The van der Waals surface area contributed by atoms with Crippen LogP contribution in [0.3, 0.4) is 0 Å². The van der Waals surface area contributed by atoms with Gasteiger partial charge in [0.1, 0.15) is 12.4 Å². The number of para-hydroxylation sites is 1. The molecular weight excluding hydrogens is 256 g/mol. The van der Waals surface area contributed by atoms with E-state index in [9.17, 15) is 9.59 Å². The van der Waals surface area contributed by atoms with E-state index in [0.29, 0.717) is 11.3 Å². The first-order valence-corrected chi connectivity index (χ1v) is 6.23. The quantitative estimate of drug-likeness (QED) is 0.598. The molecule has 0 fully saturated rings. The van der Waals surface area contributed by atoms with Gasteiger partial charge < -0.3 is 11.1 Å². The second-order valence-corrected chi connectivity index (χ2v) is 4.47. The first-order valence-electron chi connectivity index (χ1n) is 6.23. The molecule has 2 aromatic rings. The number of ketones is 1. The maximum atomic E-state index is 12.0. The highest BCUT2D eigenvalue weighted by molar-refractivity contribution is 6.05. The van der Waals surface area contributed by atoms with E-state index in [2.05, 4.69) is 5.32 Å². The zero-order chi connectivity index (χ0) is 14.5. The van der Waals surface area contributed by atoms with Gasteiger partial charge in [-0.25, -0.2) is 9.13 Å². The highest BCUT2D eigenvalue weighted by Crippen LogP contribution is 2.15. The zero-order valence-corrected chi connectivity index (χ0v) is 11.2. The molecule has 0 saturated heterocycles. The molecule has 0 aliphatic rings. The second kappa shape index (κ2) is 6.12. The fourth-order valence-corrected chi connectivity index (χ4v) is 1.90. The number of aryl methyl sites for hydroxylation is 1. The van der Waals surface area contributed by atoms with Crippen molar-refractivity contribution in [2.75, 3.05) is 11.9 Å². The van der Waals surface area contributed by atoms with E-state index in [1.54, 1.807) is 41.4 Å². The molecule has 0 atom stereocenters. The van der Waals surface area contributed by atoms with E-state index in [4.69, 9.17) is 5.73 Å². The van der Waals surface area contributed by atoms with Crippen molar-refractivity contribution in [3.05, 3.63) is 48.5 Å². The molecule has 1 aromatic carbocycles. The summed E-state index contributed by atoms with van der Waals surface area (Å²) in [7, 11) is 1.88. The van der Waals surface area contributed by atoms with Gasteiger partial charge in [0.2, 0.25) is 6.33 Å². The number of imidazole rings is 1. The number of hydrogen-bond acceptors (Lipinski definition) is 3. The van der Waals surface area contributed by atoms with E-state index in [1.807, 2.05) is 17.8 Å². The number of hydrogen-bond donors (Lipinski definition) is 2. The van der Waals surface area contributed by atoms with E-state index in [1.165, 1.54) is 0 Å². The molecule has 20 heavy (non-hydrogen) atoms. The van der Waals surface area contributed by atoms with Crippen molar-refractivity contribution in [2.45, 2.75) is 6.54 Å². The Labute approximate surface area is 116 Å². The van der Waals surface area contributed by atoms with Gasteiger partial charge in [-0.2, -0.15) is 0 Å². The number of benzene rings is 1. The molecule has 0 unspecified atom stereocenters. The van der Waals surface area contributed by atoms with Crippen LogP contribution in [0.4, 0.5) is 5.69 Å². The van der Waals surface area contributed by atoms with E-state index < -0.39 is 0 Å². The molecule has 6 nitrogen and oxygen atoms in total. The van der Waals surface area contributed by atoms with Crippen LogP contribution in [-0.4, -0.2) is 22.8 Å². The standard InChI is InChI=1S/C14H16N4O2/c1-17-6-7-18(10-17)9-14(20)16-12-5-3-2-4-11(12)13(19)8-15/h2-7,10H,8-9,15H2,1H3/p+1. The molecule has 1 heterocycles. The lowest BCUT2D eigenvalue weighted by atomic mass is 10.1. The van der Waals surface area contributed by atoms with Crippen molar-refractivity contribution < 1.29 is 14.2 Å². The average Bonchev–Trinajstić information content (AvgIpc) is 2.83. The van der Waals surface area contributed by atoms with Gasteiger partial charge in [-0.1, -0.05) is 12.1 Å². The maximum Gasteiger partial charge on any atom is 0.266 e. The summed E-state index contributed by atoms with van der Waals surface area (Å²) >= 11 is 0. The number of carbonyl (C=O) groups excluding carboxylic acids is 2. The molecule has 6 heteroatoms. The number of Topliss-reactive ketones (excluding diaryl/α,β-unsaturated/α-hetero) is 1. The minimum atomic E-state index is -0.201. The van der Waals surface area contributed by atoms with Crippen LogP contribution in [0, 0.1) is 0 Å². The Morgan fingerprint density at radius 2 is 2.10 bits per heavy atom. The summed E-state index contributed by atoms with van der Waals surface area (Å²) < 4.78 is 3.60. The van der Waals surface area contributed by atoms with Gasteiger partial charge in [0.15, 0.2) is 12.3 Å². The van der Waals surface area contributed by atoms with Crippen molar-refractivity contribution in [3.8, 4) is 0 Å². The largest absolute Gasteiger partial charge is 0.324 e. The first kappa shape index (κ1) is 14.0. The Bertz CT molecular complexity index is 634. The van der Waals surface area contributed by atoms with Crippen LogP contribution >= 0.6 is 0 Å². The molecule has 0 saturated carbocycles. The van der Waals surface area contributed by atoms with Crippen LogP contribution in [0.5, 0.6) is 0 Å². The molecule has 1 aromatic heterocycles. The summed E-state index contributed by atoms with van der Waals surface area (Å²) in [6.07, 6.45) is 5.45. The Kier molecular flexibility index (Phi) is 4.27. The van der Waals surface area contributed by atoms with Gasteiger partial charge in [-0.05, 0) is 12.1 Å². The molecular formula is C14H17N4O2+. The van der Waals surface area contributed by atoms with Crippen LogP contribution in [0.25, 0.3) is 0 Å².